The fourth-order valence-electron chi connectivity index (χ4n) is 1.99. The summed E-state index contributed by atoms with van der Waals surface area (Å²) in [6.07, 6.45) is 3.59. The Hall–Kier alpha value is -1.70. The molecule has 0 spiro atoms. The molecule has 0 amide bonds. The first-order chi connectivity index (χ1) is 9.98. The predicted molar refractivity (Wildman–Crippen MR) is 80.0 cm³/mol. The standard InChI is InChI=1S/C14H19N3O3S/c1-12-8-15-17(9-12)6-5-16-21(19,20)11-14-4-2-3-13(7-14)10-18/h2-4,7-9,16,18H,5-6,10-11H2,1H3. The maximum absolute atomic E-state index is 12.0. The van der Waals surface area contributed by atoms with E-state index in [1.807, 2.05) is 13.1 Å². The number of aliphatic hydroxyl groups is 1. The summed E-state index contributed by atoms with van der Waals surface area (Å²) >= 11 is 0. The average Bonchev–Trinajstić information content (AvgIpc) is 2.84. The molecule has 7 heteroatoms. The molecule has 0 aliphatic carbocycles. The topological polar surface area (TPSA) is 84.2 Å². The number of benzene rings is 1. The van der Waals surface area contributed by atoms with Crippen molar-refractivity contribution in [2.24, 2.45) is 0 Å². The summed E-state index contributed by atoms with van der Waals surface area (Å²) in [5.41, 5.74) is 2.40. The third-order valence-corrected chi connectivity index (χ3v) is 4.31. The largest absolute Gasteiger partial charge is 0.392 e. The van der Waals surface area contributed by atoms with Gasteiger partial charge in [0.05, 0.1) is 25.1 Å². The highest BCUT2D eigenvalue weighted by atomic mass is 32.2. The lowest BCUT2D eigenvalue weighted by molar-refractivity contribution is 0.282. The van der Waals surface area contributed by atoms with E-state index in [0.717, 1.165) is 5.56 Å². The van der Waals surface area contributed by atoms with Gasteiger partial charge in [0, 0.05) is 12.7 Å². The molecule has 1 aromatic heterocycles. The molecule has 6 nitrogen and oxygen atoms in total. The molecule has 0 bridgehead atoms. The molecule has 0 aliphatic rings. The Kier molecular flexibility index (Phi) is 5.11. The van der Waals surface area contributed by atoms with Crippen molar-refractivity contribution in [1.29, 1.82) is 0 Å². The van der Waals surface area contributed by atoms with Gasteiger partial charge in [0.25, 0.3) is 0 Å². The molecular formula is C14H19N3O3S. The lowest BCUT2D eigenvalue weighted by Gasteiger charge is -2.08. The number of nitrogens with zero attached hydrogens (tertiary/aromatic N) is 2. The van der Waals surface area contributed by atoms with Crippen LogP contribution in [0.1, 0.15) is 16.7 Å². The molecule has 21 heavy (non-hydrogen) atoms. The zero-order valence-electron chi connectivity index (χ0n) is 11.9. The normalized spacial score (nSPS) is 11.7. The van der Waals surface area contributed by atoms with Gasteiger partial charge in [-0.15, -0.1) is 0 Å². The quantitative estimate of drug-likeness (QED) is 0.792. The van der Waals surface area contributed by atoms with E-state index in [2.05, 4.69) is 9.82 Å². The number of aromatic nitrogens is 2. The van der Waals surface area contributed by atoms with E-state index < -0.39 is 10.0 Å². The lowest BCUT2D eigenvalue weighted by Crippen LogP contribution is -2.28. The Labute approximate surface area is 124 Å². The van der Waals surface area contributed by atoms with Gasteiger partial charge in [0.2, 0.25) is 10.0 Å². The van der Waals surface area contributed by atoms with Gasteiger partial charge < -0.3 is 5.11 Å². The third kappa shape index (κ3) is 4.96. The Morgan fingerprint density at radius 3 is 2.76 bits per heavy atom. The van der Waals surface area contributed by atoms with Gasteiger partial charge in [-0.05, 0) is 23.6 Å². The first-order valence-corrected chi connectivity index (χ1v) is 8.29. The smallest absolute Gasteiger partial charge is 0.215 e. The molecular weight excluding hydrogens is 290 g/mol. The SMILES string of the molecule is Cc1cnn(CCNS(=O)(=O)Cc2cccc(CO)c2)c1. The predicted octanol–water partition coefficient (Wildman–Crippen LogP) is 0.803. The Bertz CT molecular complexity index is 695. The van der Waals surface area contributed by atoms with Gasteiger partial charge in [-0.25, -0.2) is 13.1 Å². The molecule has 1 aromatic carbocycles. The van der Waals surface area contributed by atoms with E-state index in [9.17, 15) is 8.42 Å². The number of hydrogen-bond donors (Lipinski definition) is 2. The molecule has 0 aliphatic heterocycles. The second kappa shape index (κ2) is 6.84. The van der Waals surface area contributed by atoms with Crippen molar-refractivity contribution in [2.75, 3.05) is 6.54 Å². The van der Waals surface area contributed by atoms with E-state index in [-0.39, 0.29) is 12.4 Å². The lowest BCUT2D eigenvalue weighted by atomic mass is 10.1. The van der Waals surface area contributed by atoms with E-state index in [4.69, 9.17) is 5.11 Å². The summed E-state index contributed by atoms with van der Waals surface area (Å²) in [5.74, 6) is -0.0982. The van der Waals surface area contributed by atoms with Crippen LogP contribution in [0.3, 0.4) is 0 Å². The van der Waals surface area contributed by atoms with E-state index in [1.165, 1.54) is 0 Å². The van der Waals surface area contributed by atoms with Gasteiger partial charge in [0.15, 0.2) is 0 Å². The number of rotatable bonds is 7. The first kappa shape index (κ1) is 15.7. The molecule has 2 N–H and O–H groups in total. The average molecular weight is 309 g/mol. The van der Waals surface area contributed by atoms with Gasteiger partial charge >= 0.3 is 0 Å². The molecule has 0 atom stereocenters. The number of hydrogen-bond acceptors (Lipinski definition) is 4. The minimum atomic E-state index is -3.40. The molecule has 0 radical (unpaired) electrons. The number of aryl methyl sites for hydroxylation is 1. The van der Waals surface area contributed by atoms with Crippen molar-refractivity contribution >= 4 is 10.0 Å². The van der Waals surface area contributed by atoms with Crippen molar-refractivity contribution in [3.8, 4) is 0 Å². The first-order valence-electron chi connectivity index (χ1n) is 6.63. The zero-order chi connectivity index (χ0) is 15.3. The fourth-order valence-corrected chi connectivity index (χ4v) is 3.12. The van der Waals surface area contributed by atoms with Crippen LogP contribution in [0.4, 0.5) is 0 Å². The number of sulfonamides is 1. The van der Waals surface area contributed by atoms with Crippen molar-refractivity contribution in [2.45, 2.75) is 25.8 Å². The molecule has 2 rings (SSSR count). The van der Waals surface area contributed by atoms with Crippen LogP contribution in [-0.2, 0) is 28.9 Å². The molecule has 0 fully saturated rings. The van der Waals surface area contributed by atoms with Crippen LogP contribution in [0.15, 0.2) is 36.7 Å². The van der Waals surface area contributed by atoms with Crippen LogP contribution in [-0.4, -0.2) is 29.8 Å². The van der Waals surface area contributed by atoms with Crippen molar-refractivity contribution < 1.29 is 13.5 Å². The highest BCUT2D eigenvalue weighted by Crippen LogP contribution is 2.08. The third-order valence-electron chi connectivity index (χ3n) is 2.96. The molecule has 0 saturated carbocycles. The summed E-state index contributed by atoms with van der Waals surface area (Å²) in [6, 6.07) is 6.91. The monoisotopic (exact) mass is 309 g/mol. The summed E-state index contributed by atoms with van der Waals surface area (Å²) in [4.78, 5) is 0. The summed E-state index contributed by atoms with van der Waals surface area (Å²) < 4.78 is 28.2. The Morgan fingerprint density at radius 1 is 1.33 bits per heavy atom. The van der Waals surface area contributed by atoms with Crippen LogP contribution >= 0.6 is 0 Å². The second-order valence-corrected chi connectivity index (χ2v) is 6.72. The minimum absolute atomic E-state index is 0.0973. The van der Waals surface area contributed by atoms with Crippen LogP contribution in [0.25, 0.3) is 0 Å². The Morgan fingerprint density at radius 2 is 2.10 bits per heavy atom. The maximum Gasteiger partial charge on any atom is 0.215 e. The van der Waals surface area contributed by atoms with E-state index in [1.54, 1.807) is 35.1 Å². The number of nitrogens with one attached hydrogen (secondary N) is 1. The fraction of sp³-hybridized carbons (Fsp3) is 0.357. The molecule has 114 valence electrons. The van der Waals surface area contributed by atoms with Crippen molar-refractivity contribution in [3.63, 3.8) is 0 Å². The van der Waals surface area contributed by atoms with Gasteiger partial charge in [-0.3, -0.25) is 4.68 Å². The van der Waals surface area contributed by atoms with Crippen LogP contribution in [0, 0.1) is 6.92 Å². The second-order valence-electron chi connectivity index (χ2n) is 4.91. The van der Waals surface area contributed by atoms with Gasteiger partial charge in [-0.1, -0.05) is 24.3 Å². The molecule has 0 saturated heterocycles. The maximum atomic E-state index is 12.0. The number of aliphatic hydroxyl groups excluding tert-OH is 1. The molecule has 1 heterocycles. The highest BCUT2D eigenvalue weighted by Gasteiger charge is 2.11. The van der Waals surface area contributed by atoms with Crippen molar-refractivity contribution in [1.82, 2.24) is 14.5 Å². The summed E-state index contributed by atoms with van der Waals surface area (Å²) in [7, 11) is -3.40. The van der Waals surface area contributed by atoms with Crippen LogP contribution in [0.2, 0.25) is 0 Å². The van der Waals surface area contributed by atoms with Crippen LogP contribution in [0.5, 0.6) is 0 Å². The van der Waals surface area contributed by atoms with E-state index in [0.29, 0.717) is 24.2 Å². The van der Waals surface area contributed by atoms with Crippen molar-refractivity contribution in [3.05, 3.63) is 53.3 Å². The summed E-state index contributed by atoms with van der Waals surface area (Å²) in [6.45, 7) is 2.62. The highest BCUT2D eigenvalue weighted by molar-refractivity contribution is 7.88. The molecule has 0 unspecified atom stereocenters. The molecule has 2 aromatic rings. The Balaban J connectivity index is 1.89. The van der Waals surface area contributed by atoms with Crippen LogP contribution < -0.4 is 4.72 Å². The van der Waals surface area contributed by atoms with Gasteiger partial charge in [-0.2, -0.15) is 5.10 Å². The zero-order valence-corrected chi connectivity index (χ0v) is 12.7. The van der Waals surface area contributed by atoms with Gasteiger partial charge in [0.1, 0.15) is 0 Å². The summed E-state index contributed by atoms with van der Waals surface area (Å²) in [5, 5.41) is 13.2. The minimum Gasteiger partial charge on any atom is -0.392 e. The van der Waals surface area contributed by atoms with E-state index >= 15 is 0 Å².